The van der Waals surface area contributed by atoms with Crippen molar-refractivity contribution in [3.63, 3.8) is 0 Å². The van der Waals surface area contributed by atoms with Crippen LogP contribution in [0.15, 0.2) is 0 Å². The fourth-order valence-electron chi connectivity index (χ4n) is 2.65. The van der Waals surface area contributed by atoms with Gasteiger partial charge in [0.1, 0.15) is 5.54 Å². The first-order valence-corrected chi connectivity index (χ1v) is 6.89. The summed E-state index contributed by atoms with van der Waals surface area (Å²) >= 11 is 0. The van der Waals surface area contributed by atoms with E-state index < -0.39 is 5.54 Å². The molecule has 17 heavy (non-hydrogen) atoms. The highest BCUT2D eigenvalue weighted by molar-refractivity contribution is 5.00. The van der Waals surface area contributed by atoms with Crippen molar-refractivity contribution in [3.8, 4) is 6.07 Å². The number of likely N-dealkylation sites (tertiary alicyclic amines) is 1. The number of piperidine rings is 1. The molecule has 1 rings (SSSR count). The molecule has 98 valence electrons. The molecular weight excluding hydrogens is 210 g/mol. The van der Waals surface area contributed by atoms with Gasteiger partial charge in [-0.05, 0) is 65.0 Å². The summed E-state index contributed by atoms with van der Waals surface area (Å²) in [5.41, 5.74) is 5.17. The molecule has 3 heteroatoms. The Morgan fingerprint density at radius 2 is 2.12 bits per heavy atom. The van der Waals surface area contributed by atoms with Gasteiger partial charge in [0.15, 0.2) is 0 Å². The second-order valence-corrected chi connectivity index (χ2v) is 6.00. The van der Waals surface area contributed by atoms with Crippen LogP contribution in [-0.2, 0) is 0 Å². The molecule has 2 N–H and O–H groups in total. The molecule has 1 fully saturated rings. The highest BCUT2D eigenvalue weighted by Gasteiger charge is 2.22. The molecule has 0 aromatic carbocycles. The summed E-state index contributed by atoms with van der Waals surface area (Å²) in [7, 11) is 0. The quantitative estimate of drug-likeness (QED) is 0.748. The van der Waals surface area contributed by atoms with E-state index >= 15 is 0 Å². The van der Waals surface area contributed by atoms with Gasteiger partial charge < -0.3 is 10.6 Å². The Balaban J connectivity index is 2.17. The average molecular weight is 237 g/mol. The molecule has 0 bridgehead atoms. The summed E-state index contributed by atoms with van der Waals surface area (Å²) in [5, 5.41) is 8.83. The van der Waals surface area contributed by atoms with Gasteiger partial charge in [0.05, 0.1) is 6.07 Å². The Bertz CT molecular complexity index is 267. The fraction of sp³-hybridized carbons (Fsp3) is 0.929. The van der Waals surface area contributed by atoms with Gasteiger partial charge in [-0.1, -0.05) is 6.92 Å². The molecule has 0 aromatic rings. The van der Waals surface area contributed by atoms with E-state index in [0.717, 1.165) is 37.8 Å². The topological polar surface area (TPSA) is 53.0 Å². The van der Waals surface area contributed by atoms with Crippen LogP contribution in [0.4, 0.5) is 0 Å². The van der Waals surface area contributed by atoms with E-state index in [1.807, 2.05) is 6.92 Å². The van der Waals surface area contributed by atoms with E-state index in [4.69, 9.17) is 11.0 Å². The van der Waals surface area contributed by atoms with Crippen molar-refractivity contribution in [2.45, 2.75) is 64.5 Å². The molecule has 3 atom stereocenters. The second-order valence-electron chi connectivity index (χ2n) is 6.00. The summed E-state index contributed by atoms with van der Waals surface area (Å²) in [6, 6.07) is 2.88. The van der Waals surface area contributed by atoms with Crippen LogP contribution < -0.4 is 5.73 Å². The Morgan fingerprint density at radius 3 is 2.71 bits per heavy atom. The van der Waals surface area contributed by atoms with E-state index in [-0.39, 0.29) is 0 Å². The van der Waals surface area contributed by atoms with Crippen molar-refractivity contribution >= 4 is 0 Å². The maximum absolute atomic E-state index is 8.83. The monoisotopic (exact) mass is 237 g/mol. The van der Waals surface area contributed by atoms with Gasteiger partial charge in [-0.3, -0.25) is 0 Å². The van der Waals surface area contributed by atoms with Gasteiger partial charge in [-0.15, -0.1) is 0 Å². The summed E-state index contributed by atoms with van der Waals surface area (Å²) in [6.45, 7) is 8.90. The van der Waals surface area contributed by atoms with Crippen LogP contribution in [0.3, 0.4) is 0 Å². The summed E-state index contributed by atoms with van der Waals surface area (Å²) in [4.78, 5) is 2.58. The van der Waals surface area contributed by atoms with Crippen molar-refractivity contribution in [3.05, 3.63) is 0 Å². The van der Waals surface area contributed by atoms with Crippen molar-refractivity contribution in [2.75, 3.05) is 13.1 Å². The van der Waals surface area contributed by atoms with Crippen molar-refractivity contribution in [2.24, 2.45) is 11.7 Å². The largest absolute Gasteiger partial charge is 0.314 e. The Labute approximate surface area is 106 Å². The molecule has 0 spiro atoms. The standard InChI is InChI=1S/C14H27N3/c1-12-6-9-17(13(2)10-12)8-5-4-7-14(3,16)11-15/h12-13H,4-10,16H2,1-3H3. The SMILES string of the molecule is CC1CCN(CCCCC(C)(N)C#N)C(C)C1. The molecule has 0 saturated carbocycles. The fourth-order valence-corrected chi connectivity index (χ4v) is 2.65. The maximum Gasteiger partial charge on any atom is 0.101 e. The van der Waals surface area contributed by atoms with Crippen LogP contribution in [0.25, 0.3) is 0 Å². The molecule has 0 radical (unpaired) electrons. The Hall–Kier alpha value is -0.590. The smallest absolute Gasteiger partial charge is 0.101 e. The lowest BCUT2D eigenvalue weighted by Gasteiger charge is -2.36. The molecule has 1 aliphatic heterocycles. The summed E-state index contributed by atoms with van der Waals surface area (Å²) < 4.78 is 0. The van der Waals surface area contributed by atoms with Gasteiger partial charge >= 0.3 is 0 Å². The molecular formula is C14H27N3. The number of hydrogen-bond donors (Lipinski definition) is 1. The zero-order chi connectivity index (χ0) is 12.9. The third-order valence-corrected chi connectivity index (χ3v) is 3.92. The number of hydrogen-bond acceptors (Lipinski definition) is 3. The zero-order valence-corrected chi connectivity index (χ0v) is 11.6. The Morgan fingerprint density at radius 1 is 1.41 bits per heavy atom. The van der Waals surface area contributed by atoms with Crippen molar-refractivity contribution in [1.29, 1.82) is 5.26 Å². The molecule has 0 amide bonds. The van der Waals surface area contributed by atoms with Gasteiger partial charge in [0.25, 0.3) is 0 Å². The third kappa shape index (κ3) is 5.06. The summed E-state index contributed by atoms with van der Waals surface area (Å²) in [5.74, 6) is 0.882. The van der Waals surface area contributed by atoms with E-state index in [0.29, 0.717) is 0 Å². The van der Waals surface area contributed by atoms with E-state index in [1.165, 1.54) is 19.4 Å². The third-order valence-electron chi connectivity index (χ3n) is 3.92. The van der Waals surface area contributed by atoms with E-state index in [9.17, 15) is 0 Å². The first kappa shape index (κ1) is 14.5. The molecule has 3 nitrogen and oxygen atoms in total. The number of rotatable bonds is 5. The number of unbranched alkanes of at least 4 members (excludes halogenated alkanes) is 1. The lowest BCUT2D eigenvalue weighted by atomic mass is 9.93. The minimum Gasteiger partial charge on any atom is -0.314 e. The van der Waals surface area contributed by atoms with E-state index in [1.54, 1.807) is 0 Å². The highest BCUT2D eigenvalue weighted by Crippen LogP contribution is 2.22. The number of nitriles is 1. The Kier molecular flexibility index (Phi) is 5.42. The maximum atomic E-state index is 8.83. The zero-order valence-electron chi connectivity index (χ0n) is 11.6. The van der Waals surface area contributed by atoms with Gasteiger partial charge in [0, 0.05) is 6.04 Å². The number of nitrogens with two attached hydrogens (primary N) is 1. The van der Waals surface area contributed by atoms with Crippen LogP contribution in [0, 0.1) is 17.2 Å². The molecule has 0 aliphatic carbocycles. The van der Waals surface area contributed by atoms with Crippen LogP contribution in [-0.4, -0.2) is 29.6 Å². The van der Waals surface area contributed by atoms with Crippen molar-refractivity contribution in [1.82, 2.24) is 4.90 Å². The minimum atomic E-state index is -0.637. The van der Waals surface area contributed by atoms with Crippen LogP contribution in [0.1, 0.15) is 52.9 Å². The molecule has 3 unspecified atom stereocenters. The molecule has 0 aromatic heterocycles. The van der Waals surface area contributed by atoms with Crippen molar-refractivity contribution < 1.29 is 0 Å². The first-order valence-electron chi connectivity index (χ1n) is 6.89. The molecule has 1 aliphatic rings. The minimum absolute atomic E-state index is 0.637. The first-order chi connectivity index (χ1) is 7.94. The summed E-state index contributed by atoms with van der Waals surface area (Å²) in [6.07, 6.45) is 5.68. The second kappa shape index (κ2) is 6.37. The van der Waals surface area contributed by atoms with Crippen LogP contribution in [0.5, 0.6) is 0 Å². The molecule has 1 heterocycles. The normalized spacial score (nSPS) is 29.6. The average Bonchev–Trinajstić information content (AvgIpc) is 2.27. The lowest BCUT2D eigenvalue weighted by Crippen LogP contribution is -2.41. The van der Waals surface area contributed by atoms with Gasteiger partial charge in [-0.25, -0.2) is 0 Å². The highest BCUT2D eigenvalue weighted by atomic mass is 15.2. The van der Waals surface area contributed by atoms with E-state index in [2.05, 4.69) is 24.8 Å². The van der Waals surface area contributed by atoms with Gasteiger partial charge in [-0.2, -0.15) is 5.26 Å². The number of nitrogens with zero attached hydrogens (tertiary/aromatic N) is 2. The van der Waals surface area contributed by atoms with Crippen LogP contribution in [0.2, 0.25) is 0 Å². The van der Waals surface area contributed by atoms with Gasteiger partial charge in [0.2, 0.25) is 0 Å². The predicted octanol–water partition coefficient (Wildman–Crippen LogP) is 2.52. The van der Waals surface area contributed by atoms with Crippen LogP contribution >= 0.6 is 0 Å². The predicted molar refractivity (Wildman–Crippen MR) is 71.5 cm³/mol. The molecule has 1 saturated heterocycles. The lowest BCUT2D eigenvalue weighted by molar-refractivity contribution is 0.127.